The molecule has 0 N–H and O–H groups in total. The van der Waals surface area contributed by atoms with Gasteiger partial charge in [-0.05, 0) is 12.1 Å². The molecular weight excluding hydrogens is 364 g/mol. The number of nitrogens with zero attached hydrogens (tertiary/aromatic N) is 4. The van der Waals surface area contributed by atoms with Crippen molar-refractivity contribution in [2.24, 2.45) is 11.1 Å². The van der Waals surface area contributed by atoms with Crippen molar-refractivity contribution >= 4 is 11.4 Å². The van der Waals surface area contributed by atoms with E-state index in [0.717, 1.165) is 61.7 Å². The minimum atomic E-state index is -0.384. The molecule has 4 rings (SSSR count). The van der Waals surface area contributed by atoms with Crippen LogP contribution in [0.4, 0.5) is 5.69 Å². The molecular formula is C19H27N4O5+. The number of benzene rings is 1. The van der Waals surface area contributed by atoms with E-state index in [1.165, 1.54) is 12.1 Å². The Bertz CT molecular complexity index is 726. The maximum absolute atomic E-state index is 11.0. The van der Waals surface area contributed by atoms with Gasteiger partial charge in [0.2, 0.25) is 0 Å². The molecule has 0 saturated carbocycles. The fourth-order valence-electron chi connectivity index (χ4n) is 4.18. The lowest BCUT2D eigenvalue weighted by Gasteiger charge is -2.41. The molecule has 3 heterocycles. The van der Waals surface area contributed by atoms with E-state index in [0.29, 0.717) is 13.2 Å². The Kier molecular flexibility index (Phi) is 5.58. The van der Waals surface area contributed by atoms with Crippen molar-refractivity contribution in [2.75, 3.05) is 66.2 Å². The van der Waals surface area contributed by atoms with Crippen LogP contribution in [0, 0.1) is 16.0 Å². The first-order chi connectivity index (χ1) is 13.6. The SMILES string of the molecule is C[N+]1(C[C@H]2C(c3ccc([N+](=O)[O-])cc3)=NO[C@@H]2N2CCOCC2)CCOCC1. The van der Waals surface area contributed by atoms with E-state index >= 15 is 0 Å². The molecule has 1 aromatic carbocycles. The number of hydrogen-bond acceptors (Lipinski definition) is 7. The molecule has 3 aliphatic heterocycles. The zero-order valence-electron chi connectivity index (χ0n) is 16.2. The lowest BCUT2D eigenvalue weighted by atomic mass is 9.93. The quantitative estimate of drug-likeness (QED) is 0.424. The predicted octanol–water partition coefficient (Wildman–Crippen LogP) is 1.08. The fraction of sp³-hybridized carbons (Fsp3) is 0.632. The standard InChI is InChI=1S/C19H27N4O5/c1-23(8-12-27-13-9-23)14-17-18(15-2-4-16(5-3-15)22(24)25)20-28-19(17)21-6-10-26-11-7-21/h2-5,17,19H,6-14H2,1H3/q+1/t17-,19-/m0/s1. The van der Waals surface area contributed by atoms with Crippen molar-refractivity contribution in [1.82, 2.24) is 4.90 Å². The van der Waals surface area contributed by atoms with Crippen LogP contribution in [0.1, 0.15) is 5.56 Å². The average Bonchev–Trinajstić information content (AvgIpc) is 3.12. The summed E-state index contributed by atoms with van der Waals surface area (Å²) in [6.07, 6.45) is -0.133. The van der Waals surface area contributed by atoms with Gasteiger partial charge in [-0.15, -0.1) is 0 Å². The Morgan fingerprint density at radius 3 is 2.43 bits per heavy atom. The third-order valence-corrected chi connectivity index (χ3v) is 5.92. The number of oxime groups is 1. The molecule has 9 nitrogen and oxygen atoms in total. The second-order valence-corrected chi connectivity index (χ2v) is 7.89. The maximum atomic E-state index is 11.0. The van der Waals surface area contributed by atoms with Crippen LogP contribution in [-0.2, 0) is 14.3 Å². The molecule has 2 saturated heterocycles. The largest absolute Gasteiger partial charge is 0.379 e. The monoisotopic (exact) mass is 391 g/mol. The smallest absolute Gasteiger partial charge is 0.269 e. The summed E-state index contributed by atoms with van der Waals surface area (Å²) in [6.45, 7) is 7.35. The second kappa shape index (κ2) is 8.12. The third kappa shape index (κ3) is 4.02. The van der Waals surface area contributed by atoms with Gasteiger partial charge in [0.25, 0.3) is 5.69 Å². The lowest BCUT2D eigenvalue weighted by Crippen LogP contribution is -2.58. The van der Waals surface area contributed by atoms with Gasteiger partial charge in [-0.1, -0.05) is 5.16 Å². The maximum Gasteiger partial charge on any atom is 0.269 e. The number of quaternary nitrogens is 1. The Morgan fingerprint density at radius 1 is 1.14 bits per heavy atom. The molecule has 0 spiro atoms. The number of hydrogen-bond donors (Lipinski definition) is 0. The number of nitro groups is 1. The molecule has 0 aromatic heterocycles. The van der Waals surface area contributed by atoms with Crippen LogP contribution < -0.4 is 0 Å². The Balaban J connectivity index is 1.59. The molecule has 2 atom stereocenters. The van der Waals surface area contributed by atoms with Crippen molar-refractivity contribution < 1.29 is 23.7 Å². The summed E-state index contributed by atoms with van der Waals surface area (Å²) in [5, 5.41) is 15.4. The van der Waals surface area contributed by atoms with Crippen LogP contribution >= 0.6 is 0 Å². The molecule has 0 amide bonds. The predicted molar refractivity (Wildman–Crippen MR) is 102 cm³/mol. The van der Waals surface area contributed by atoms with Gasteiger partial charge in [0, 0.05) is 30.8 Å². The number of morpholine rings is 2. The van der Waals surface area contributed by atoms with E-state index < -0.39 is 0 Å². The molecule has 0 aliphatic carbocycles. The number of ether oxygens (including phenoxy) is 2. The number of non-ortho nitro benzene ring substituents is 1. The van der Waals surface area contributed by atoms with Gasteiger partial charge in [0.1, 0.15) is 24.7 Å². The summed E-state index contributed by atoms with van der Waals surface area (Å²) in [4.78, 5) is 18.8. The minimum Gasteiger partial charge on any atom is -0.379 e. The highest BCUT2D eigenvalue weighted by Crippen LogP contribution is 2.30. The van der Waals surface area contributed by atoms with Crippen molar-refractivity contribution in [3.05, 3.63) is 39.9 Å². The second-order valence-electron chi connectivity index (χ2n) is 7.89. The van der Waals surface area contributed by atoms with Crippen LogP contribution in [-0.4, -0.2) is 92.4 Å². The van der Waals surface area contributed by atoms with E-state index in [2.05, 4.69) is 17.1 Å². The summed E-state index contributed by atoms with van der Waals surface area (Å²) >= 11 is 0. The van der Waals surface area contributed by atoms with E-state index in [9.17, 15) is 10.1 Å². The summed E-state index contributed by atoms with van der Waals surface area (Å²) in [5.41, 5.74) is 1.83. The van der Waals surface area contributed by atoms with E-state index in [1.54, 1.807) is 12.1 Å². The first-order valence-electron chi connectivity index (χ1n) is 9.77. The van der Waals surface area contributed by atoms with Crippen LogP contribution in [0.15, 0.2) is 29.4 Å². The van der Waals surface area contributed by atoms with Gasteiger partial charge in [-0.25, -0.2) is 0 Å². The van der Waals surface area contributed by atoms with Crippen LogP contribution in [0.25, 0.3) is 0 Å². The Hall–Kier alpha value is -2.07. The summed E-state index contributed by atoms with van der Waals surface area (Å²) in [6, 6.07) is 6.60. The van der Waals surface area contributed by atoms with Crippen molar-refractivity contribution in [3.63, 3.8) is 0 Å². The van der Waals surface area contributed by atoms with Crippen LogP contribution in [0.2, 0.25) is 0 Å². The van der Waals surface area contributed by atoms with Gasteiger partial charge >= 0.3 is 0 Å². The van der Waals surface area contributed by atoms with Crippen LogP contribution in [0.3, 0.4) is 0 Å². The molecule has 0 unspecified atom stereocenters. The Morgan fingerprint density at radius 2 is 1.79 bits per heavy atom. The molecule has 0 radical (unpaired) electrons. The van der Waals surface area contributed by atoms with E-state index in [-0.39, 0.29) is 22.8 Å². The third-order valence-electron chi connectivity index (χ3n) is 5.92. The molecule has 2 fully saturated rings. The fourth-order valence-corrected chi connectivity index (χ4v) is 4.18. The number of rotatable bonds is 5. The highest BCUT2D eigenvalue weighted by atomic mass is 16.7. The molecule has 1 aromatic rings. The van der Waals surface area contributed by atoms with E-state index in [4.69, 9.17) is 14.3 Å². The summed E-state index contributed by atoms with van der Waals surface area (Å²) in [5.74, 6) is 0.0858. The van der Waals surface area contributed by atoms with Gasteiger partial charge in [-0.3, -0.25) is 15.0 Å². The molecule has 152 valence electrons. The van der Waals surface area contributed by atoms with Gasteiger partial charge in [-0.2, -0.15) is 0 Å². The number of likely N-dealkylation sites (N-methyl/N-ethyl adjacent to an activating group) is 1. The zero-order chi connectivity index (χ0) is 19.6. The van der Waals surface area contributed by atoms with Crippen molar-refractivity contribution in [3.8, 4) is 0 Å². The highest BCUT2D eigenvalue weighted by Gasteiger charge is 2.44. The lowest BCUT2D eigenvalue weighted by molar-refractivity contribution is -0.919. The molecule has 28 heavy (non-hydrogen) atoms. The topological polar surface area (TPSA) is 86.4 Å². The average molecular weight is 391 g/mol. The highest BCUT2D eigenvalue weighted by molar-refractivity contribution is 6.03. The molecule has 9 heteroatoms. The first kappa shape index (κ1) is 19.3. The van der Waals surface area contributed by atoms with E-state index in [1.807, 2.05) is 0 Å². The van der Waals surface area contributed by atoms with Gasteiger partial charge in [0.05, 0.1) is 44.9 Å². The van der Waals surface area contributed by atoms with Crippen molar-refractivity contribution in [1.29, 1.82) is 0 Å². The molecule has 0 bridgehead atoms. The van der Waals surface area contributed by atoms with Gasteiger partial charge in [0.15, 0.2) is 6.23 Å². The van der Waals surface area contributed by atoms with Crippen LogP contribution in [0.5, 0.6) is 0 Å². The number of nitro benzene ring substituents is 1. The first-order valence-corrected chi connectivity index (χ1v) is 9.77. The van der Waals surface area contributed by atoms with Gasteiger partial charge < -0.3 is 18.8 Å². The normalized spacial score (nSPS) is 27.8. The minimum absolute atomic E-state index is 0.0803. The summed E-state index contributed by atoms with van der Waals surface area (Å²) in [7, 11) is 2.25. The summed E-state index contributed by atoms with van der Waals surface area (Å²) < 4.78 is 11.9. The molecule has 3 aliphatic rings. The Labute approximate surface area is 164 Å². The zero-order valence-corrected chi connectivity index (χ0v) is 16.2. The van der Waals surface area contributed by atoms with Crippen molar-refractivity contribution in [2.45, 2.75) is 6.23 Å².